The summed E-state index contributed by atoms with van der Waals surface area (Å²) in [4.78, 5) is 11.3. The van der Waals surface area contributed by atoms with Crippen molar-refractivity contribution in [3.63, 3.8) is 0 Å². The zero-order chi connectivity index (χ0) is 14.1. The molecule has 3 rings (SSSR count). The van der Waals surface area contributed by atoms with E-state index in [2.05, 4.69) is 24.8 Å². The third kappa shape index (κ3) is 2.48. The van der Waals surface area contributed by atoms with Crippen molar-refractivity contribution < 1.29 is 4.42 Å². The molecular formula is C14H21N5O. The summed E-state index contributed by atoms with van der Waals surface area (Å²) < 4.78 is 7.79. The van der Waals surface area contributed by atoms with Crippen LogP contribution in [0.3, 0.4) is 0 Å². The largest absolute Gasteiger partial charge is 0.444 e. The number of imidazole rings is 1. The minimum Gasteiger partial charge on any atom is -0.444 e. The van der Waals surface area contributed by atoms with Gasteiger partial charge in [-0.3, -0.25) is 4.90 Å². The van der Waals surface area contributed by atoms with Gasteiger partial charge in [0.05, 0.1) is 18.3 Å². The van der Waals surface area contributed by atoms with Crippen LogP contribution in [-0.4, -0.2) is 39.1 Å². The molecule has 1 aliphatic rings. The Morgan fingerprint density at radius 1 is 1.45 bits per heavy atom. The van der Waals surface area contributed by atoms with Gasteiger partial charge in [0.1, 0.15) is 11.6 Å². The lowest BCUT2D eigenvalue weighted by molar-refractivity contribution is 0.131. The molecule has 2 aromatic rings. The molecule has 6 heteroatoms. The molecule has 1 saturated heterocycles. The molecule has 0 spiro atoms. The Labute approximate surface area is 118 Å². The molecule has 1 fully saturated rings. The van der Waals surface area contributed by atoms with Crippen molar-refractivity contribution in [1.82, 2.24) is 24.8 Å². The monoisotopic (exact) mass is 275 g/mol. The van der Waals surface area contributed by atoms with Crippen LogP contribution in [0.25, 0.3) is 0 Å². The van der Waals surface area contributed by atoms with Crippen LogP contribution in [0.5, 0.6) is 0 Å². The highest BCUT2D eigenvalue weighted by molar-refractivity contribution is 5.07. The van der Waals surface area contributed by atoms with Crippen LogP contribution < -0.4 is 5.32 Å². The van der Waals surface area contributed by atoms with Crippen molar-refractivity contribution in [1.29, 1.82) is 0 Å². The second-order valence-corrected chi connectivity index (χ2v) is 5.34. The second kappa shape index (κ2) is 5.38. The molecule has 20 heavy (non-hydrogen) atoms. The van der Waals surface area contributed by atoms with Gasteiger partial charge >= 0.3 is 0 Å². The number of oxazole rings is 1. The molecule has 0 saturated carbocycles. The summed E-state index contributed by atoms with van der Waals surface area (Å²) in [7, 11) is 2.04. The van der Waals surface area contributed by atoms with Crippen molar-refractivity contribution in [2.45, 2.75) is 26.4 Å². The lowest BCUT2D eigenvalue weighted by Crippen LogP contribution is -2.46. The van der Waals surface area contributed by atoms with Crippen molar-refractivity contribution in [3.05, 3.63) is 35.6 Å². The van der Waals surface area contributed by atoms with Gasteiger partial charge in [-0.1, -0.05) is 0 Å². The van der Waals surface area contributed by atoms with Crippen molar-refractivity contribution in [2.75, 3.05) is 19.6 Å². The molecule has 3 heterocycles. The fourth-order valence-electron chi connectivity index (χ4n) is 2.67. The van der Waals surface area contributed by atoms with E-state index in [0.29, 0.717) is 0 Å². The maximum absolute atomic E-state index is 5.71. The Bertz CT molecular complexity index is 569. The van der Waals surface area contributed by atoms with Crippen LogP contribution in [0.1, 0.15) is 29.2 Å². The Kier molecular flexibility index (Phi) is 3.58. The van der Waals surface area contributed by atoms with Crippen LogP contribution in [0, 0.1) is 13.8 Å². The summed E-state index contributed by atoms with van der Waals surface area (Å²) in [6, 6.07) is 0.260. The van der Waals surface area contributed by atoms with Crippen LogP contribution in [0.4, 0.5) is 0 Å². The molecule has 108 valence electrons. The van der Waals surface area contributed by atoms with Crippen LogP contribution >= 0.6 is 0 Å². The maximum atomic E-state index is 5.71. The molecule has 6 nitrogen and oxygen atoms in total. The van der Waals surface area contributed by atoms with Gasteiger partial charge in [0.2, 0.25) is 5.89 Å². The number of nitrogens with zero attached hydrogens (tertiary/aromatic N) is 4. The van der Waals surface area contributed by atoms with E-state index in [0.717, 1.165) is 49.3 Å². The van der Waals surface area contributed by atoms with Crippen LogP contribution in [-0.2, 0) is 13.6 Å². The number of nitrogens with one attached hydrogen (secondary N) is 1. The van der Waals surface area contributed by atoms with E-state index < -0.39 is 0 Å². The molecular weight excluding hydrogens is 254 g/mol. The maximum Gasteiger partial charge on any atom is 0.208 e. The molecule has 0 aliphatic carbocycles. The Morgan fingerprint density at radius 2 is 2.30 bits per heavy atom. The summed E-state index contributed by atoms with van der Waals surface area (Å²) in [5.41, 5.74) is 0.976. The van der Waals surface area contributed by atoms with Gasteiger partial charge in [-0.25, -0.2) is 9.97 Å². The van der Waals surface area contributed by atoms with Gasteiger partial charge in [0.15, 0.2) is 0 Å². The fourth-order valence-corrected chi connectivity index (χ4v) is 2.67. The third-order valence-electron chi connectivity index (χ3n) is 3.92. The predicted molar refractivity (Wildman–Crippen MR) is 75.2 cm³/mol. The zero-order valence-electron chi connectivity index (χ0n) is 12.3. The number of hydrogen-bond donors (Lipinski definition) is 1. The number of rotatable bonds is 3. The standard InChI is InChI=1S/C14H21N5O/c1-10-11(2)20-13(17-10)9-19-7-4-15-8-12(19)14-16-5-6-18(14)3/h5-6,12,15H,4,7-9H2,1-3H3. The summed E-state index contributed by atoms with van der Waals surface area (Å²) >= 11 is 0. The molecule has 0 aromatic carbocycles. The highest BCUT2D eigenvalue weighted by Crippen LogP contribution is 2.23. The van der Waals surface area contributed by atoms with Gasteiger partial charge in [-0.05, 0) is 13.8 Å². The fraction of sp³-hybridized carbons (Fsp3) is 0.571. The molecule has 2 aromatic heterocycles. The van der Waals surface area contributed by atoms with Crippen LogP contribution in [0.15, 0.2) is 16.8 Å². The van der Waals surface area contributed by atoms with Gasteiger partial charge in [0, 0.05) is 39.1 Å². The van der Waals surface area contributed by atoms with Gasteiger partial charge in [-0.15, -0.1) is 0 Å². The third-order valence-corrected chi connectivity index (χ3v) is 3.92. The lowest BCUT2D eigenvalue weighted by atomic mass is 10.1. The molecule has 0 bridgehead atoms. The number of aromatic nitrogens is 3. The summed E-state index contributed by atoms with van der Waals surface area (Å²) in [5.74, 6) is 2.78. The molecule has 1 atom stereocenters. The normalized spacial score (nSPS) is 20.4. The average Bonchev–Trinajstić information content (AvgIpc) is 2.97. The van der Waals surface area contributed by atoms with E-state index in [-0.39, 0.29) is 6.04 Å². The quantitative estimate of drug-likeness (QED) is 0.911. The summed E-state index contributed by atoms with van der Waals surface area (Å²) in [5, 5.41) is 3.44. The van der Waals surface area contributed by atoms with Crippen LogP contribution in [0.2, 0.25) is 0 Å². The van der Waals surface area contributed by atoms with Crippen molar-refractivity contribution >= 4 is 0 Å². The van der Waals surface area contributed by atoms with Crippen molar-refractivity contribution in [2.24, 2.45) is 7.05 Å². The molecule has 0 radical (unpaired) electrons. The first kappa shape index (κ1) is 13.3. The SMILES string of the molecule is Cc1nc(CN2CCNCC2c2nccn2C)oc1C. The number of aryl methyl sites for hydroxylation is 3. The Morgan fingerprint density at radius 3 is 2.95 bits per heavy atom. The van der Waals surface area contributed by atoms with Gasteiger partial charge in [-0.2, -0.15) is 0 Å². The Balaban J connectivity index is 1.80. The second-order valence-electron chi connectivity index (χ2n) is 5.34. The lowest BCUT2D eigenvalue weighted by Gasteiger charge is -2.34. The van der Waals surface area contributed by atoms with Gasteiger partial charge in [0.25, 0.3) is 0 Å². The van der Waals surface area contributed by atoms with E-state index in [1.54, 1.807) is 0 Å². The van der Waals surface area contributed by atoms with E-state index >= 15 is 0 Å². The topological polar surface area (TPSA) is 59.1 Å². The minimum atomic E-state index is 0.260. The minimum absolute atomic E-state index is 0.260. The molecule has 1 N–H and O–H groups in total. The first-order valence-electron chi connectivity index (χ1n) is 7.00. The molecule has 1 aliphatic heterocycles. The Hall–Kier alpha value is -1.66. The predicted octanol–water partition coefficient (Wildman–Crippen LogP) is 1.17. The number of hydrogen-bond acceptors (Lipinski definition) is 5. The summed E-state index contributed by atoms with van der Waals surface area (Å²) in [6.07, 6.45) is 3.84. The van der Waals surface area contributed by atoms with Gasteiger partial charge < -0.3 is 14.3 Å². The molecule has 1 unspecified atom stereocenters. The van der Waals surface area contributed by atoms with E-state index in [4.69, 9.17) is 4.42 Å². The first-order chi connectivity index (χ1) is 9.65. The molecule has 0 amide bonds. The highest BCUT2D eigenvalue weighted by Gasteiger charge is 2.27. The highest BCUT2D eigenvalue weighted by atomic mass is 16.4. The van der Waals surface area contributed by atoms with E-state index in [1.165, 1.54) is 0 Å². The zero-order valence-corrected chi connectivity index (χ0v) is 12.3. The smallest absolute Gasteiger partial charge is 0.208 e. The van der Waals surface area contributed by atoms with Crippen molar-refractivity contribution in [3.8, 4) is 0 Å². The first-order valence-corrected chi connectivity index (χ1v) is 7.00. The number of piperazine rings is 1. The van der Waals surface area contributed by atoms with E-state index in [1.807, 2.05) is 33.3 Å². The summed E-state index contributed by atoms with van der Waals surface area (Å²) in [6.45, 7) is 7.53. The van der Waals surface area contributed by atoms with E-state index in [9.17, 15) is 0 Å². The average molecular weight is 275 g/mol.